The summed E-state index contributed by atoms with van der Waals surface area (Å²) >= 11 is 1.37. The van der Waals surface area contributed by atoms with E-state index >= 15 is 0 Å². The predicted molar refractivity (Wildman–Crippen MR) is 112 cm³/mol. The first-order valence-electron chi connectivity index (χ1n) is 8.95. The van der Waals surface area contributed by atoms with Crippen LogP contribution in [0.4, 0.5) is 5.69 Å². The van der Waals surface area contributed by atoms with Gasteiger partial charge in [-0.05, 0) is 36.1 Å². The first-order chi connectivity index (χ1) is 14.0. The monoisotopic (exact) mass is 408 g/mol. The molecular formula is C22H20N2O4S. The van der Waals surface area contributed by atoms with Crippen molar-refractivity contribution in [3.05, 3.63) is 87.6 Å². The van der Waals surface area contributed by atoms with Crippen molar-refractivity contribution in [2.24, 2.45) is 0 Å². The van der Waals surface area contributed by atoms with Gasteiger partial charge in [-0.15, -0.1) is 0 Å². The number of esters is 1. The number of ether oxygens (including phenoxy) is 1. The quantitative estimate of drug-likeness (QED) is 0.583. The summed E-state index contributed by atoms with van der Waals surface area (Å²) in [5.41, 5.74) is 3.21. The summed E-state index contributed by atoms with van der Waals surface area (Å²) in [6.07, 6.45) is 0. The van der Waals surface area contributed by atoms with E-state index in [1.807, 2.05) is 31.2 Å². The Morgan fingerprint density at radius 2 is 1.76 bits per heavy atom. The molecule has 29 heavy (non-hydrogen) atoms. The highest BCUT2D eigenvalue weighted by Gasteiger charge is 2.15. The van der Waals surface area contributed by atoms with E-state index in [2.05, 4.69) is 10.6 Å². The van der Waals surface area contributed by atoms with Crippen LogP contribution in [0.5, 0.6) is 0 Å². The second-order valence-corrected chi connectivity index (χ2v) is 7.13. The number of anilines is 1. The number of amides is 2. The minimum atomic E-state index is -0.564. The molecule has 0 aliphatic rings. The lowest BCUT2D eigenvalue weighted by Crippen LogP contribution is -2.26. The molecule has 6 nitrogen and oxygen atoms in total. The first-order valence-corrected chi connectivity index (χ1v) is 9.89. The lowest BCUT2D eigenvalue weighted by atomic mass is 10.1. The minimum absolute atomic E-state index is 0.309. The van der Waals surface area contributed by atoms with Crippen molar-refractivity contribution in [3.8, 4) is 0 Å². The van der Waals surface area contributed by atoms with Gasteiger partial charge in [-0.25, -0.2) is 4.79 Å². The summed E-state index contributed by atoms with van der Waals surface area (Å²) < 4.78 is 4.99. The fraction of sp³-hybridized carbons (Fsp3) is 0.136. The van der Waals surface area contributed by atoms with Crippen LogP contribution in [0.15, 0.2) is 65.4 Å². The molecule has 0 radical (unpaired) electrons. The van der Waals surface area contributed by atoms with E-state index < -0.39 is 18.5 Å². The Morgan fingerprint density at radius 3 is 2.48 bits per heavy atom. The van der Waals surface area contributed by atoms with Gasteiger partial charge in [-0.3, -0.25) is 9.59 Å². The van der Waals surface area contributed by atoms with E-state index in [9.17, 15) is 14.4 Å². The number of rotatable bonds is 7. The molecule has 0 bridgehead atoms. The summed E-state index contributed by atoms with van der Waals surface area (Å²) in [4.78, 5) is 36.5. The van der Waals surface area contributed by atoms with Gasteiger partial charge >= 0.3 is 5.97 Å². The average Bonchev–Trinajstić information content (AvgIpc) is 3.27. The van der Waals surface area contributed by atoms with Crippen molar-refractivity contribution in [1.82, 2.24) is 5.32 Å². The van der Waals surface area contributed by atoms with E-state index in [1.165, 1.54) is 11.3 Å². The van der Waals surface area contributed by atoms with Crippen molar-refractivity contribution >= 4 is 34.8 Å². The zero-order chi connectivity index (χ0) is 20.6. The van der Waals surface area contributed by atoms with Crippen LogP contribution in [0.25, 0.3) is 0 Å². The Labute approximate surface area is 172 Å². The van der Waals surface area contributed by atoms with Crippen LogP contribution in [-0.2, 0) is 16.1 Å². The molecule has 0 atom stereocenters. The summed E-state index contributed by atoms with van der Waals surface area (Å²) in [6, 6.07) is 16.2. The molecule has 1 aromatic heterocycles. The maximum atomic E-state index is 12.6. The van der Waals surface area contributed by atoms with Gasteiger partial charge in [0.05, 0.1) is 16.8 Å². The van der Waals surface area contributed by atoms with Crippen LogP contribution in [0, 0.1) is 6.92 Å². The molecule has 0 unspecified atom stereocenters. The third-order valence-electron chi connectivity index (χ3n) is 4.11. The number of hydrogen-bond donors (Lipinski definition) is 2. The minimum Gasteiger partial charge on any atom is -0.452 e. The van der Waals surface area contributed by atoms with Crippen LogP contribution in [0.1, 0.15) is 31.8 Å². The van der Waals surface area contributed by atoms with E-state index in [0.29, 0.717) is 23.4 Å². The van der Waals surface area contributed by atoms with Gasteiger partial charge in [-0.1, -0.05) is 42.0 Å². The number of carbonyl (C=O) groups excluding carboxylic acids is 3. The van der Waals surface area contributed by atoms with Crippen molar-refractivity contribution in [3.63, 3.8) is 0 Å². The topological polar surface area (TPSA) is 84.5 Å². The van der Waals surface area contributed by atoms with Gasteiger partial charge in [0.2, 0.25) is 0 Å². The van der Waals surface area contributed by atoms with Crippen molar-refractivity contribution in [1.29, 1.82) is 0 Å². The van der Waals surface area contributed by atoms with Crippen LogP contribution in [0.2, 0.25) is 0 Å². The fourth-order valence-electron chi connectivity index (χ4n) is 2.55. The van der Waals surface area contributed by atoms with Gasteiger partial charge in [0.15, 0.2) is 6.61 Å². The maximum Gasteiger partial charge on any atom is 0.339 e. The highest BCUT2D eigenvalue weighted by atomic mass is 32.1. The number of benzene rings is 2. The third kappa shape index (κ3) is 5.76. The summed E-state index contributed by atoms with van der Waals surface area (Å²) in [5.74, 6) is -1.39. The third-order valence-corrected chi connectivity index (χ3v) is 4.79. The van der Waals surface area contributed by atoms with Crippen LogP contribution in [0.3, 0.4) is 0 Å². The molecule has 0 spiro atoms. The lowest BCUT2D eigenvalue weighted by Gasteiger charge is -2.12. The summed E-state index contributed by atoms with van der Waals surface area (Å²) in [7, 11) is 0. The van der Waals surface area contributed by atoms with Crippen LogP contribution < -0.4 is 10.6 Å². The average molecular weight is 408 g/mol. The molecule has 1 heterocycles. The molecule has 2 aromatic carbocycles. The normalized spacial score (nSPS) is 10.2. The molecule has 0 saturated carbocycles. The van der Waals surface area contributed by atoms with Crippen molar-refractivity contribution in [2.75, 3.05) is 11.9 Å². The zero-order valence-electron chi connectivity index (χ0n) is 15.8. The van der Waals surface area contributed by atoms with E-state index in [4.69, 9.17) is 4.74 Å². The molecular weight excluding hydrogens is 388 g/mol. The molecule has 148 valence electrons. The van der Waals surface area contributed by atoms with E-state index in [-0.39, 0.29) is 5.91 Å². The lowest BCUT2D eigenvalue weighted by molar-refractivity contribution is -0.119. The van der Waals surface area contributed by atoms with Crippen LogP contribution >= 0.6 is 11.3 Å². The summed E-state index contributed by atoms with van der Waals surface area (Å²) in [5, 5.41) is 8.86. The van der Waals surface area contributed by atoms with Crippen molar-refractivity contribution < 1.29 is 19.1 Å². The number of para-hydroxylation sites is 1. The number of aryl methyl sites for hydroxylation is 1. The molecule has 0 fully saturated rings. The number of nitrogens with one attached hydrogen (secondary N) is 2. The molecule has 7 heteroatoms. The fourth-order valence-corrected chi connectivity index (χ4v) is 3.18. The first kappa shape index (κ1) is 20.3. The second kappa shape index (κ2) is 9.66. The smallest absolute Gasteiger partial charge is 0.339 e. The maximum absolute atomic E-state index is 12.6. The van der Waals surface area contributed by atoms with Gasteiger partial charge in [-0.2, -0.15) is 11.3 Å². The van der Waals surface area contributed by atoms with E-state index in [0.717, 1.165) is 11.1 Å². The Hall–Kier alpha value is -3.45. The molecule has 3 aromatic rings. The standard InChI is InChI=1S/C22H20N2O4S/c1-15-6-8-16(9-7-15)12-23-21(26)18-4-2-3-5-19(18)24-20(25)13-28-22(27)17-10-11-29-14-17/h2-11,14H,12-13H2,1H3,(H,23,26)(H,24,25). The highest BCUT2D eigenvalue weighted by molar-refractivity contribution is 7.08. The zero-order valence-corrected chi connectivity index (χ0v) is 16.6. The summed E-state index contributed by atoms with van der Waals surface area (Å²) in [6.45, 7) is 1.94. The molecule has 0 aliphatic carbocycles. The number of thiophene rings is 1. The van der Waals surface area contributed by atoms with Gasteiger partial charge < -0.3 is 15.4 Å². The van der Waals surface area contributed by atoms with Gasteiger partial charge in [0.1, 0.15) is 0 Å². The molecule has 0 aliphatic heterocycles. The molecule has 0 saturated heterocycles. The van der Waals surface area contributed by atoms with Crippen molar-refractivity contribution in [2.45, 2.75) is 13.5 Å². The molecule has 2 amide bonds. The van der Waals surface area contributed by atoms with Gasteiger partial charge in [0.25, 0.3) is 11.8 Å². The Bertz CT molecular complexity index is 998. The number of carbonyl (C=O) groups is 3. The SMILES string of the molecule is Cc1ccc(CNC(=O)c2ccccc2NC(=O)COC(=O)c2ccsc2)cc1. The highest BCUT2D eigenvalue weighted by Crippen LogP contribution is 2.15. The van der Waals surface area contributed by atoms with Crippen LogP contribution in [-0.4, -0.2) is 24.4 Å². The Balaban J connectivity index is 1.57. The largest absolute Gasteiger partial charge is 0.452 e. The van der Waals surface area contributed by atoms with E-state index in [1.54, 1.807) is 41.1 Å². The predicted octanol–water partition coefficient (Wildman–Crippen LogP) is 3.78. The Morgan fingerprint density at radius 1 is 1.00 bits per heavy atom. The van der Waals surface area contributed by atoms with Gasteiger partial charge in [0, 0.05) is 11.9 Å². The molecule has 3 rings (SSSR count). The Kier molecular flexibility index (Phi) is 6.76. The number of hydrogen-bond acceptors (Lipinski definition) is 5. The molecule has 2 N–H and O–H groups in total. The second-order valence-electron chi connectivity index (χ2n) is 6.35.